The molecule has 0 saturated heterocycles. The lowest BCUT2D eigenvalue weighted by atomic mass is 10.0. The second-order valence-electron chi connectivity index (χ2n) is 4.75. The van der Waals surface area contributed by atoms with Crippen molar-refractivity contribution in [2.45, 2.75) is 25.7 Å². The van der Waals surface area contributed by atoms with E-state index >= 15 is 0 Å². The van der Waals surface area contributed by atoms with Crippen molar-refractivity contribution in [2.24, 2.45) is 0 Å². The third-order valence-corrected chi connectivity index (χ3v) is 3.72. The molecular weight excluding hydrogens is 244 g/mol. The highest BCUT2D eigenvalue weighted by Gasteiger charge is 2.35. The van der Waals surface area contributed by atoms with E-state index in [1.165, 1.54) is 5.57 Å². The van der Waals surface area contributed by atoms with Crippen molar-refractivity contribution in [3.8, 4) is 11.5 Å². The van der Waals surface area contributed by atoms with Crippen LogP contribution in [0, 0.1) is 0 Å². The smallest absolute Gasteiger partial charge is 0.348 e. The van der Waals surface area contributed by atoms with Crippen LogP contribution in [-0.4, -0.2) is 20.2 Å². The van der Waals surface area contributed by atoms with Crippen LogP contribution in [0.4, 0.5) is 0 Å². The zero-order valence-electron chi connectivity index (χ0n) is 11.1. The van der Waals surface area contributed by atoms with Crippen molar-refractivity contribution in [3.63, 3.8) is 0 Å². The molecule has 1 aliphatic heterocycles. The first-order valence-electron chi connectivity index (χ1n) is 6.45. The third-order valence-electron chi connectivity index (χ3n) is 3.72. The van der Waals surface area contributed by atoms with Gasteiger partial charge in [0.15, 0.2) is 0 Å². The molecule has 0 unspecified atom stereocenters. The standard InChI is InChI=1S/C15H16O4/c1-17-10-7-8-11(18-2)13-12(10)14(19-15(13)16)9-5-3-4-6-9/h7-8H,3-6H2,1-2H3. The highest BCUT2D eigenvalue weighted by Crippen LogP contribution is 2.45. The molecule has 0 atom stereocenters. The summed E-state index contributed by atoms with van der Waals surface area (Å²) in [6.45, 7) is 0. The lowest BCUT2D eigenvalue weighted by molar-refractivity contribution is 0.0711. The molecule has 19 heavy (non-hydrogen) atoms. The molecule has 0 bridgehead atoms. The molecule has 0 amide bonds. The summed E-state index contributed by atoms with van der Waals surface area (Å²) in [5, 5.41) is 0. The lowest BCUT2D eigenvalue weighted by Crippen LogP contribution is -1.99. The van der Waals surface area contributed by atoms with Gasteiger partial charge >= 0.3 is 5.97 Å². The normalized spacial score (nSPS) is 17.5. The number of hydrogen-bond donors (Lipinski definition) is 0. The molecule has 1 fully saturated rings. The van der Waals surface area contributed by atoms with E-state index in [0.717, 1.165) is 31.2 Å². The first-order chi connectivity index (χ1) is 9.26. The maximum atomic E-state index is 12.1. The van der Waals surface area contributed by atoms with E-state index in [1.807, 2.05) is 6.07 Å². The Balaban J connectivity index is 2.24. The number of ether oxygens (including phenoxy) is 3. The van der Waals surface area contributed by atoms with E-state index in [2.05, 4.69) is 0 Å². The van der Waals surface area contributed by atoms with E-state index < -0.39 is 0 Å². The number of cyclic esters (lactones) is 1. The van der Waals surface area contributed by atoms with Crippen LogP contribution < -0.4 is 9.47 Å². The molecule has 4 nitrogen and oxygen atoms in total. The van der Waals surface area contributed by atoms with E-state index in [9.17, 15) is 4.79 Å². The van der Waals surface area contributed by atoms with Crippen LogP contribution in [0.25, 0.3) is 5.76 Å². The number of allylic oxidation sites excluding steroid dienone is 1. The molecule has 4 heteroatoms. The highest BCUT2D eigenvalue weighted by molar-refractivity contribution is 6.07. The second kappa shape index (κ2) is 4.61. The second-order valence-corrected chi connectivity index (χ2v) is 4.75. The number of benzene rings is 1. The van der Waals surface area contributed by atoms with Gasteiger partial charge in [-0.2, -0.15) is 0 Å². The third kappa shape index (κ3) is 1.79. The minimum absolute atomic E-state index is 0.347. The Hall–Kier alpha value is -1.97. The van der Waals surface area contributed by atoms with Gasteiger partial charge in [-0.25, -0.2) is 4.79 Å². The minimum atomic E-state index is -0.347. The molecule has 100 valence electrons. The maximum Gasteiger partial charge on any atom is 0.348 e. The van der Waals surface area contributed by atoms with Crippen molar-refractivity contribution in [1.82, 2.24) is 0 Å². The van der Waals surface area contributed by atoms with Gasteiger partial charge in [-0.15, -0.1) is 0 Å². The molecule has 3 rings (SSSR count). The zero-order valence-corrected chi connectivity index (χ0v) is 11.1. The summed E-state index contributed by atoms with van der Waals surface area (Å²) in [7, 11) is 3.15. The number of methoxy groups -OCH3 is 2. The van der Waals surface area contributed by atoms with Gasteiger partial charge in [0.25, 0.3) is 0 Å². The Kier molecular flexibility index (Phi) is 2.93. The van der Waals surface area contributed by atoms with Crippen molar-refractivity contribution < 1.29 is 19.0 Å². The summed E-state index contributed by atoms with van der Waals surface area (Å²) in [6, 6.07) is 3.55. The Morgan fingerprint density at radius 2 is 1.58 bits per heavy atom. The van der Waals surface area contributed by atoms with Gasteiger partial charge in [-0.05, 0) is 43.4 Å². The summed E-state index contributed by atoms with van der Waals surface area (Å²) < 4.78 is 16.1. The number of fused-ring (bicyclic) bond motifs is 1. The van der Waals surface area contributed by atoms with Crippen LogP contribution >= 0.6 is 0 Å². The SMILES string of the molecule is COc1ccc(OC)c2c1C(=O)OC2=C1CCCC1. The summed E-state index contributed by atoms with van der Waals surface area (Å²) in [5.74, 6) is 1.54. The van der Waals surface area contributed by atoms with Gasteiger partial charge in [0, 0.05) is 0 Å². The van der Waals surface area contributed by atoms with Gasteiger partial charge in [0.05, 0.1) is 19.8 Å². The summed E-state index contributed by atoms with van der Waals surface area (Å²) in [6.07, 6.45) is 4.28. The zero-order chi connectivity index (χ0) is 13.4. The topological polar surface area (TPSA) is 44.8 Å². The van der Waals surface area contributed by atoms with Gasteiger partial charge in [-0.1, -0.05) is 0 Å². The fourth-order valence-electron chi connectivity index (χ4n) is 2.81. The molecule has 1 saturated carbocycles. The molecule has 0 spiro atoms. The van der Waals surface area contributed by atoms with Crippen LogP contribution in [0.5, 0.6) is 11.5 Å². The van der Waals surface area contributed by atoms with Crippen molar-refractivity contribution in [3.05, 3.63) is 28.8 Å². The average Bonchev–Trinajstić information content (AvgIpc) is 3.06. The van der Waals surface area contributed by atoms with E-state index in [-0.39, 0.29) is 5.97 Å². The molecule has 2 aliphatic rings. The molecule has 0 aromatic heterocycles. The molecule has 1 aliphatic carbocycles. The highest BCUT2D eigenvalue weighted by atomic mass is 16.5. The molecular formula is C15H16O4. The van der Waals surface area contributed by atoms with E-state index in [4.69, 9.17) is 14.2 Å². The first-order valence-corrected chi connectivity index (χ1v) is 6.45. The molecule has 1 aromatic carbocycles. The van der Waals surface area contributed by atoms with Crippen LogP contribution in [0.1, 0.15) is 41.6 Å². The fourth-order valence-corrected chi connectivity index (χ4v) is 2.81. The van der Waals surface area contributed by atoms with Crippen molar-refractivity contribution in [1.29, 1.82) is 0 Å². The van der Waals surface area contributed by atoms with Crippen molar-refractivity contribution >= 4 is 11.7 Å². The van der Waals surface area contributed by atoms with Gasteiger partial charge in [-0.3, -0.25) is 0 Å². The van der Waals surface area contributed by atoms with Crippen molar-refractivity contribution in [2.75, 3.05) is 14.2 Å². The maximum absolute atomic E-state index is 12.1. The van der Waals surface area contributed by atoms with E-state index in [0.29, 0.717) is 22.8 Å². The summed E-state index contributed by atoms with van der Waals surface area (Å²) in [4.78, 5) is 12.1. The monoisotopic (exact) mass is 260 g/mol. The Morgan fingerprint density at radius 3 is 2.16 bits per heavy atom. The molecule has 0 radical (unpaired) electrons. The Labute approximate surface area is 112 Å². The summed E-state index contributed by atoms with van der Waals surface area (Å²) >= 11 is 0. The van der Waals surface area contributed by atoms with Crippen LogP contribution in [0.2, 0.25) is 0 Å². The first kappa shape index (κ1) is 12.1. The van der Waals surface area contributed by atoms with Crippen LogP contribution in [0.3, 0.4) is 0 Å². The van der Waals surface area contributed by atoms with Crippen LogP contribution in [-0.2, 0) is 4.74 Å². The molecule has 1 heterocycles. The minimum Gasteiger partial charge on any atom is -0.496 e. The number of carbonyl (C=O) groups is 1. The number of hydrogen-bond acceptors (Lipinski definition) is 4. The quantitative estimate of drug-likeness (QED) is 0.766. The molecule has 0 N–H and O–H groups in total. The molecule has 1 aromatic rings. The fraction of sp³-hybridized carbons (Fsp3) is 0.400. The number of carbonyl (C=O) groups excluding carboxylic acids is 1. The number of esters is 1. The number of rotatable bonds is 2. The predicted molar refractivity (Wildman–Crippen MR) is 70.3 cm³/mol. The Morgan fingerprint density at radius 1 is 1.00 bits per heavy atom. The van der Waals surface area contributed by atoms with Gasteiger partial charge < -0.3 is 14.2 Å². The average molecular weight is 260 g/mol. The lowest BCUT2D eigenvalue weighted by Gasteiger charge is -2.10. The van der Waals surface area contributed by atoms with Gasteiger partial charge in [0.2, 0.25) is 0 Å². The Bertz CT molecular complexity index is 564. The predicted octanol–water partition coefficient (Wildman–Crippen LogP) is 3.16. The van der Waals surface area contributed by atoms with Crippen LogP contribution in [0.15, 0.2) is 17.7 Å². The van der Waals surface area contributed by atoms with E-state index in [1.54, 1.807) is 20.3 Å². The van der Waals surface area contributed by atoms with Gasteiger partial charge in [0.1, 0.15) is 22.8 Å². The largest absolute Gasteiger partial charge is 0.496 e. The summed E-state index contributed by atoms with van der Waals surface area (Å²) in [5.41, 5.74) is 2.44.